The molecule has 2 atom stereocenters. The molecule has 196 valence electrons. The molecule has 0 saturated carbocycles. The summed E-state index contributed by atoms with van der Waals surface area (Å²) in [6.45, 7) is 4.55. The van der Waals surface area contributed by atoms with Crippen LogP contribution in [0.2, 0.25) is 5.02 Å². The molecule has 1 aliphatic heterocycles. The zero-order valence-corrected chi connectivity index (χ0v) is 22.3. The van der Waals surface area contributed by atoms with E-state index >= 15 is 0 Å². The van der Waals surface area contributed by atoms with Crippen molar-refractivity contribution in [1.82, 2.24) is 24.8 Å². The Kier molecular flexibility index (Phi) is 8.01. The Hall–Kier alpha value is -3.60. The van der Waals surface area contributed by atoms with E-state index in [-0.39, 0.29) is 40.1 Å². The normalized spacial score (nSPS) is 17.4. The molecule has 1 saturated heterocycles. The van der Waals surface area contributed by atoms with Gasteiger partial charge in [-0.2, -0.15) is 5.26 Å². The van der Waals surface area contributed by atoms with E-state index in [1.807, 2.05) is 18.0 Å². The van der Waals surface area contributed by atoms with E-state index < -0.39 is 12.1 Å². The van der Waals surface area contributed by atoms with Crippen molar-refractivity contribution in [3.05, 3.63) is 34.5 Å². The summed E-state index contributed by atoms with van der Waals surface area (Å²) in [6.07, 6.45) is 2.77. The van der Waals surface area contributed by atoms with Gasteiger partial charge in [0.2, 0.25) is 5.06 Å². The number of ether oxygens (including phenoxy) is 3. The number of nitrogens with one attached hydrogen (secondary N) is 2. The fourth-order valence-electron chi connectivity index (χ4n) is 4.03. The van der Waals surface area contributed by atoms with Gasteiger partial charge >= 0.3 is 6.16 Å². The van der Waals surface area contributed by atoms with Crippen LogP contribution in [0.3, 0.4) is 0 Å². The molecule has 4 rings (SSSR count). The SMILES string of the molecule is CCOC(=O)Oc1sc(N2CC[C@@H](NC(=O)c3[nH]c(C)c(Cl)c3C#N)[C@@H](OC)C2)nc1-c1cn(C)cn1. The molecular weight excluding hydrogens is 522 g/mol. The summed E-state index contributed by atoms with van der Waals surface area (Å²) in [7, 11) is 3.40. The van der Waals surface area contributed by atoms with Gasteiger partial charge in [-0.05, 0) is 20.3 Å². The number of rotatable bonds is 7. The summed E-state index contributed by atoms with van der Waals surface area (Å²) in [5, 5.41) is 13.5. The topological polar surface area (TPSA) is 147 Å². The quantitative estimate of drug-likeness (QED) is 0.425. The molecule has 0 aliphatic carbocycles. The molecule has 0 spiro atoms. The van der Waals surface area contributed by atoms with Crippen molar-refractivity contribution in [2.75, 3.05) is 31.7 Å². The van der Waals surface area contributed by atoms with Crippen LogP contribution in [0, 0.1) is 18.3 Å². The maximum absolute atomic E-state index is 12.9. The first-order valence-electron chi connectivity index (χ1n) is 11.5. The lowest BCUT2D eigenvalue weighted by molar-refractivity contribution is 0.0540. The third-order valence-electron chi connectivity index (χ3n) is 5.87. The molecule has 0 bridgehead atoms. The minimum atomic E-state index is -0.817. The Bertz CT molecular complexity index is 1340. The summed E-state index contributed by atoms with van der Waals surface area (Å²) < 4.78 is 17.8. The number of H-pyrrole nitrogens is 1. The molecule has 2 N–H and O–H groups in total. The Morgan fingerprint density at radius 1 is 1.43 bits per heavy atom. The van der Waals surface area contributed by atoms with Crippen molar-refractivity contribution in [3.8, 4) is 22.5 Å². The molecule has 1 aliphatic rings. The van der Waals surface area contributed by atoms with Gasteiger partial charge in [-0.1, -0.05) is 22.9 Å². The summed E-state index contributed by atoms with van der Waals surface area (Å²) in [4.78, 5) is 38.9. The Balaban J connectivity index is 1.52. The van der Waals surface area contributed by atoms with Gasteiger partial charge in [-0.3, -0.25) is 4.79 Å². The summed E-state index contributed by atoms with van der Waals surface area (Å²) in [5.74, 6) is -0.427. The van der Waals surface area contributed by atoms with Crippen LogP contribution in [0.15, 0.2) is 12.5 Å². The second-order valence-electron chi connectivity index (χ2n) is 8.36. The van der Waals surface area contributed by atoms with E-state index in [9.17, 15) is 14.9 Å². The number of nitrogens with zero attached hydrogens (tertiary/aromatic N) is 5. The predicted octanol–water partition coefficient (Wildman–Crippen LogP) is 3.26. The van der Waals surface area contributed by atoms with Crippen LogP contribution in [0.4, 0.5) is 9.93 Å². The number of carbonyl (C=O) groups is 2. The highest BCUT2D eigenvalue weighted by atomic mass is 35.5. The van der Waals surface area contributed by atoms with Crippen LogP contribution in [-0.2, 0) is 16.5 Å². The molecule has 37 heavy (non-hydrogen) atoms. The fourth-order valence-corrected chi connectivity index (χ4v) is 5.17. The number of amides is 1. The van der Waals surface area contributed by atoms with Crippen molar-refractivity contribution in [3.63, 3.8) is 0 Å². The second-order valence-corrected chi connectivity index (χ2v) is 9.67. The highest BCUT2D eigenvalue weighted by Gasteiger charge is 2.34. The van der Waals surface area contributed by atoms with Gasteiger partial charge in [0.25, 0.3) is 5.91 Å². The number of anilines is 1. The number of hydrogen-bond donors (Lipinski definition) is 2. The minimum Gasteiger partial charge on any atom is -0.434 e. The van der Waals surface area contributed by atoms with Crippen LogP contribution in [-0.4, -0.2) is 70.5 Å². The second kappa shape index (κ2) is 11.2. The number of aromatic amines is 1. The first kappa shape index (κ1) is 26.5. The van der Waals surface area contributed by atoms with Gasteiger partial charge in [0, 0.05) is 39.1 Å². The van der Waals surface area contributed by atoms with Crippen LogP contribution in [0.1, 0.15) is 35.1 Å². The number of halogens is 1. The molecule has 3 aromatic heterocycles. The molecule has 1 fully saturated rings. The van der Waals surface area contributed by atoms with Crippen molar-refractivity contribution >= 4 is 40.1 Å². The maximum atomic E-state index is 12.9. The third kappa shape index (κ3) is 5.56. The molecule has 3 aromatic rings. The number of thiazole rings is 1. The monoisotopic (exact) mass is 547 g/mol. The summed E-state index contributed by atoms with van der Waals surface area (Å²) in [6, 6.07) is 1.67. The van der Waals surface area contributed by atoms with Crippen LogP contribution in [0.25, 0.3) is 11.4 Å². The lowest BCUT2D eigenvalue weighted by Crippen LogP contribution is -2.55. The average Bonchev–Trinajstić information content (AvgIpc) is 3.56. The van der Waals surface area contributed by atoms with E-state index in [4.69, 9.17) is 30.8 Å². The fraction of sp³-hybridized carbons (Fsp3) is 0.435. The van der Waals surface area contributed by atoms with Gasteiger partial charge in [0.15, 0.2) is 5.13 Å². The first-order valence-corrected chi connectivity index (χ1v) is 12.7. The number of carbonyl (C=O) groups excluding carboxylic acids is 2. The number of hydrogen-bond acceptors (Lipinski definition) is 10. The smallest absolute Gasteiger partial charge is 0.434 e. The summed E-state index contributed by atoms with van der Waals surface area (Å²) in [5.41, 5.74) is 1.78. The largest absolute Gasteiger partial charge is 0.514 e. The number of methoxy groups -OCH3 is 1. The van der Waals surface area contributed by atoms with Crippen molar-refractivity contribution in [2.45, 2.75) is 32.4 Å². The zero-order valence-electron chi connectivity index (χ0n) is 20.7. The van der Waals surface area contributed by atoms with E-state index in [0.29, 0.717) is 41.7 Å². The molecule has 0 unspecified atom stereocenters. The molecule has 12 nitrogen and oxygen atoms in total. The highest BCUT2D eigenvalue weighted by Crippen LogP contribution is 2.40. The third-order valence-corrected chi connectivity index (χ3v) is 7.34. The van der Waals surface area contributed by atoms with Gasteiger partial charge in [-0.15, -0.1) is 0 Å². The first-order chi connectivity index (χ1) is 17.7. The van der Waals surface area contributed by atoms with Crippen LogP contribution in [0.5, 0.6) is 5.06 Å². The number of aryl methyl sites for hydroxylation is 2. The molecular formula is C23H26ClN7O5S. The lowest BCUT2D eigenvalue weighted by Gasteiger charge is -2.37. The van der Waals surface area contributed by atoms with Gasteiger partial charge < -0.3 is 34.0 Å². The van der Waals surface area contributed by atoms with E-state index in [0.717, 1.165) is 0 Å². The molecule has 0 radical (unpaired) electrons. The zero-order chi connectivity index (χ0) is 26.7. The Morgan fingerprint density at radius 2 is 2.22 bits per heavy atom. The number of imidazole rings is 1. The highest BCUT2D eigenvalue weighted by molar-refractivity contribution is 7.18. The Labute approximate surface area is 222 Å². The average molecular weight is 548 g/mol. The van der Waals surface area contributed by atoms with Gasteiger partial charge in [0.05, 0.1) is 30.1 Å². The number of nitriles is 1. The van der Waals surface area contributed by atoms with Gasteiger partial charge in [0.1, 0.15) is 28.7 Å². The molecule has 4 heterocycles. The maximum Gasteiger partial charge on any atom is 0.514 e. The predicted molar refractivity (Wildman–Crippen MR) is 136 cm³/mol. The van der Waals surface area contributed by atoms with Crippen LogP contribution < -0.4 is 15.0 Å². The van der Waals surface area contributed by atoms with E-state index in [2.05, 4.69) is 15.3 Å². The van der Waals surface area contributed by atoms with Crippen molar-refractivity contribution in [2.24, 2.45) is 7.05 Å². The van der Waals surface area contributed by atoms with E-state index in [1.54, 1.807) is 38.0 Å². The number of aromatic nitrogens is 4. The minimum absolute atomic E-state index is 0.113. The van der Waals surface area contributed by atoms with Gasteiger partial charge in [-0.25, -0.2) is 14.8 Å². The summed E-state index contributed by atoms with van der Waals surface area (Å²) >= 11 is 7.34. The Morgan fingerprint density at radius 3 is 2.86 bits per heavy atom. The molecule has 0 aromatic carbocycles. The lowest BCUT2D eigenvalue weighted by atomic mass is 10.0. The van der Waals surface area contributed by atoms with E-state index in [1.165, 1.54) is 11.3 Å². The van der Waals surface area contributed by atoms with Crippen molar-refractivity contribution in [1.29, 1.82) is 5.26 Å². The van der Waals surface area contributed by atoms with Crippen LogP contribution >= 0.6 is 22.9 Å². The molecule has 1 amide bonds. The van der Waals surface area contributed by atoms with Crippen molar-refractivity contribution < 1.29 is 23.8 Å². The standard InChI is InChI=1S/C23H26ClN7O5S/c1-5-35-23(33)36-21-19(15-9-30(3)11-26-15)29-22(37-21)31-7-6-14(16(10-31)34-4)28-20(32)18-13(8-25)17(24)12(2)27-18/h9,11,14,16,27H,5-7,10H2,1-4H3,(H,28,32)/t14-,16+/m1/s1. The molecule has 14 heteroatoms. The number of piperidine rings is 1.